The molecule has 142 valence electrons. The van der Waals surface area contributed by atoms with Gasteiger partial charge < -0.3 is 11.1 Å². The van der Waals surface area contributed by atoms with Gasteiger partial charge in [0.05, 0.1) is 0 Å². The summed E-state index contributed by atoms with van der Waals surface area (Å²) in [5.74, 6) is 1.52. The molecule has 1 heterocycles. The lowest BCUT2D eigenvalue weighted by Gasteiger charge is -2.43. The van der Waals surface area contributed by atoms with E-state index in [2.05, 4.69) is 34.5 Å². The smallest absolute Gasteiger partial charge is 0.223 e. The van der Waals surface area contributed by atoms with Crippen LogP contribution in [0.5, 0.6) is 0 Å². The quantitative estimate of drug-likeness (QED) is 0.853. The van der Waals surface area contributed by atoms with E-state index in [1.54, 1.807) is 0 Å². The molecule has 2 atom stereocenters. The summed E-state index contributed by atoms with van der Waals surface area (Å²) in [4.78, 5) is 15.3. The summed E-state index contributed by atoms with van der Waals surface area (Å²) >= 11 is 0. The summed E-state index contributed by atoms with van der Waals surface area (Å²) in [7, 11) is 0. The first-order valence-electron chi connectivity index (χ1n) is 10.5. The van der Waals surface area contributed by atoms with Gasteiger partial charge in [-0.15, -0.1) is 0 Å². The summed E-state index contributed by atoms with van der Waals surface area (Å²) in [5, 5.41) is 3.24. The maximum absolute atomic E-state index is 12.8. The largest absolute Gasteiger partial charge is 0.352 e. The van der Waals surface area contributed by atoms with Gasteiger partial charge in [-0.25, -0.2) is 0 Å². The number of nitrogens with two attached hydrogens (primary N) is 1. The topological polar surface area (TPSA) is 58.4 Å². The molecule has 4 nitrogen and oxygen atoms in total. The molecule has 0 spiro atoms. The second-order valence-corrected chi connectivity index (χ2v) is 8.67. The number of carbonyl (C=O) groups excluding carboxylic acids is 1. The fourth-order valence-electron chi connectivity index (χ4n) is 5.40. The van der Waals surface area contributed by atoms with Crippen LogP contribution >= 0.6 is 0 Å². The number of benzene rings is 1. The molecule has 2 bridgehead atoms. The van der Waals surface area contributed by atoms with Crippen molar-refractivity contribution in [3.8, 4) is 0 Å². The maximum Gasteiger partial charge on any atom is 0.223 e. The fraction of sp³-hybridized carbons (Fsp3) is 0.682. The van der Waals surface area contributed by atoms with E-state index >= 15 is 0 Å². The molecule has 1 saturated heterocycles. The second-order valence-electron chi connectivity index (χ2n) is 8.67. The normalized spacial score (nSPS) is 31.7. The molecule has 1 aromatic rings. The van der Waals surface area contributed by atoms with Gasteiger partial charge >= 0.3 is 0 Å². The molecule has 3 N–H and O–H groups in total. The minimum Gasteiger partial charge on any atom is -0.352 e. The van der Waals surface area contributed by atoms with Gasteiger partial charge in [0.2, 0.25) is 5.91 Å². The van der Waals surface area contributed by atoms with Gasteiger partial charge in [-0.1, -0.05) is 30.7 Å². The summed E-state index contributed by atoms with van der Waals surface area (Å²) in [6.45, 7) is 4.06. The maximum atomic E-state index is 12.8. The molecule has 26 heavy (non-hydrogen) atoms. The third kappa shape index (κ3) is 3.96. The SMILES string of the molecule is NC1C2CCCC1CC(C(=O)NCc1ccccc1CN1CCCC1)C2. The highest BCUT2D eigenvalue weighted by atomic mass is 16.1. The van der Waals surface area contributed by atoms with Crippen LogP contribution in [-0.4, -0.2) is 29.9 Å². The van der Waals surface area contributed by atoms with Gasteiger partial charge in [0, 0.05) is 25.0 Å². The first kappa shape index (κ1) is 18.0. The molecule has 1 aliphatic heterocycles. The monoisotopic (exact) mass is 355 g/mol. The zero-order chi connectivity index (χ0) is 17.9. The number of nitrogens with zero attached hydrogens (tertiary/aromatic N) is 1. The number of amides is 1. The number of nitrogens with one attached hydrogen (secondary N) is 1. The summed E-state index contributed by atoms with van der Waals surface area (Å²) in [6.07, 6.45) is 8.30. The number of carbonyl (C=O) groups is 1. The van der Waals surface area contributed by atoms with Crippen molar-refractivity contribution in [1.82, 2.24) is 10.2 Å². The Hall–Kier alpha value is -1.39. The van der Waals surface area contributed by atoms with Crippen LogP contribution in [-0.2, 0) is 17.9 Å². The standard InChI is InChI=1S/C22H33N3O/c23-21-16-8-5-9-17(21)13-20(12-16)22(26)24-14-18-6-1-2-7-19(18)15-25-10-3-4-11-25/h1-2,6-7,16-17,20-21H,3-5,8-15,23H2,(H,24,26). The van der Waals surface area contributed by atoms with Crippen LogP contribution < -0.4 is 11.1 Å². The second kappa shape index (κ2) is 8.10. The molecule has 2 saturated carbocycles. The average molecular weight is 356 g/mol. The van der Waals surface area contributed by atoms with Crippen LogP contribution in [0, 0.1) is 17.8 Å². The Bertz CT molecular complexity index is 612. The Morgan fingerprint density at radius 2 is 1.69 bits per heavy atom. The van der Waals surface area contributed by atoms with E-state index in [0.717, 1.165) is 19.4 Å². The van der Waals surface area contributed by atoms with E-state index < -0.39 is 0 Å². The van der Waals surface area contributed by atoms with Crippen LogP contribution in [0.4, 0.5) is 0 Å². The van der Waals surface area contributed by atoms with Crippen LogP contribution in [0.2, 0.25) is 0 Å². The van der Waals surface area contributed by atoms with Crippen molar-refractivity contribution in [1.29, 1.82) is 0 Å². The number of hydrogen-bond donors (Lipinski definition) is 2. The third-order valence-electron chi connectivity index (χ3n) is 6.95. The molecular formula is C22H33N3O. The molecule has 0 radical (unpaired) electrons. The zero-order valence-corrected chi connectivity index (χ0v) is 15.8. The van der Waals surface area contributed by atoms with E-state index in [0.29, 0.717) is 24.4 Å². The minimum atomic E-state index is 0.163. The van der Waals surface area contributed by atoms with Crippen molar-refractivity contribution < 1.29 is 4.79 Å². The van der Waals surface area contributed by atoms with Crippen molar-refractivity contribution in [2.45, 2.75) is 64.1 Å². The molecule has 2 aliphatic carbocycles. The lowest BCUT2D eigenvalue weighted by atomic mass is 9.65. The molecule has 3 fully saturated rings. The van der Waals surface area contributed by atoms with Gasteiger partial charge in [0.15, 0.2) is 0 Å². The highest BCUT2D eigenvalue weighted by Gasteiger charge is 2.40. The summed E-state index contributed by atoms with van der Waals surface area (Å²) in [5.41, 5.74) is 9.00. The van der Waals surface area contributed by atoms with Gasteiger partial charge in [0.25, 0.3) is 0 Å². The Morgan fingerprint density at radius 1 is 1.04 bits per heavy atom. The van der Waals surface area contributed by atoms with Gasteiger partial charge in [0.1, 0.15) is 0 Å². The summed E-state index contributed by atoms with van der Waals surface area (Å²) < 4.78 is 0. The summed E-state index contributed by atoms with van der Waals surface area (Å²) in [6, 6.07) is 8.90. The Morgan fingerprint density at radius 3 is 2.38 bits per heavy atom. The van der Waals surface area contributed by atoms with Crippen molar-refractivity contribution in [3.05, 3.63) is 35.4 Å². The lowest BCUT2D eigenvalue weighted by molar-refractivity contribution is -0.128. The van der Waals surface area contributed by atoms with E-state index in [9.17, 15) is 4.79 Å². The zero-order valence-electron chi connectivity index (χ0n) is 15.8. The predicted molar refractivity (Wildman–Crippen MR) is 104 cm³/mol. The van der Waals surface area contributed by atoms with E-state index in [4.69, 9.17) is 5.73 Å². The van der Waals surface area contributed by atoms with Crippen LogP contribution in [0.3, 0.4) is 0 Å². The lowest BCUT2D eigenvalue weighted by Crippen LogP contribution is -2.49. The minimum absolute atomic E-state index is 0.163. The van der Waals surface area contributed by atoms with Crippen molar-refractivity contribution in [2.24, 2.45) is 23.5 Å². The van der Waals surface area contributed by atoms with Gasteiger partial charge in [-0.3, -0.25) is 9.69 Å². The number of rotatable bonds is 5. The fourth-order valence-corrected chi connectivity index (χ4v) is 5.40. The van der Waals surface area contributed by atoms with Crippen molar-refractivity contribution >= 4 is 5.91 Å². The number of hydrogen-bond acceptors (Lipinski definition) is 3. The van der Waals surface area contributed by atoms with Crippen molar-refractivity contribution in [3.63, 3.8) is 0 Å². The van der Waals surface area contributed by atoms with Gasteiger partial charge in [-0.2, -0.15) is 0 Å². The molecule has 3 aliphatic rings. The number of fused-ring (bicyclic) bond motifs is 2. The molecule has 1 aromatic carbocycles. The third-order valence-corrected chi connectivity index (χ3v) is 6.95. The molecule has 1 amide bonds. The highest BCUT2D eigenvalue weighted by Crippen LogP contribution is 2.41. The molecule has 4 rings (SSSR count). The Kier molecular flexibility index (Phi) is 5.60. The molecule has 2 unspecified atom stereocenters. The first-order chi connectivity index (χ1) is 12.7. The van der Waals surface area contributed by atoms with E-state index in [1.807, 2.05) is 0 Å². The van der Waals surface area contributed by atoms with E-state index in [-0.39, 0.29) is 11.8 Å². The van der Waals surface area contributed by atoms with Gasteiger partial charge in [-0.05, 0) is 74.6 Å². The van der Waals surface area contributed by atoms with E-state index in [1.165, 1.54) is 56.3 Å². The van der Waals surface area contributed by atoms with Crippen LogP contribution in [0.15, 0.2) is 24.3 Å². The molecule has 0 aromatic heterocycles. The first-order valence-corrected chi connectivity index (χ1v) is 10.5. The van der Waals surface area contributed by atoms with Crippen LogP contribution in [0.1, 0.15) is 56.1 Å². The average Bonchev–Trinajstić information content (AvgIpc) is 3.13. The molecular weight excluding hydrogens is 322 g/mol. The highest BCUT2D eigenvalue weighted by molar-refractivity contribution is 5.78. The van der Waals surface area contributed by atoms with Crippen molar-refractivity contribution in [2.75, 3.05) is 13.1 Å². The Labute approximate surface area is 157 Å². The Balaban J connectivity index is 1.34. The predicted octanol–water partition coefficient (Wildman–Crippen LogP) is 3.05. The number of likely N-dealkylation sites (tertiary alicyclic amines) is 1. The van der Waals surface area contributed by atoms with Crippen LogP contribution in [0.25, 0.3) is 0 Å². The molecule has 4 heteroatoms.